The van der Waals surface area contributed by atoms with Gasteiger partial charge in [0.2, 0.25) is 0 Å². The van der Waals surface area contributed by atoms with Crippen LogP contribution in [0.15, 0.2) is 24.4 Å². The topological polar surface area (TPSA) is 36.4 Å². The standard InChI is InChI=1S/C10H14N2O/c13-8-9-4-3-7-12(9)10-5-1-2-6-11-10/h1-2,5-6,9,13H,3-4,7-8H2. The SMILES string of the molecule is OCC1CCCN1c1ccccn1. The Labute approximate surface area is 78.0 Å². The summed E-state index contributed by atoms with van der Waals surface area (Å²) in [6, 6.07) is 6.16. The highest BCUT2D eigenvalue weighted by Gasteiger charge is 2.24. The Balaban J connectivity index is 2.16. The number of rotatable bonds is 2. The molecule has 0 aromatic carbocycles. The summed E-state index contributed by atoms with van der Waals surface area (Å²) in [7, 11) is 0. The maximum atomic E-state index is 9.13. The summed E-state index contributed by atoms with van der Waals surface area (Å²) in [5.74, 6) is 0.985. The average Bonchev–Trinajstić information content (AvgIpc) is 2.67. The van der Waals surface area contributed by atoms with Crippen LogP contribution in [0.4, 0.5) is 5.82 Å². The minimum absolute atomic E-state index is 0.233. The van der Waals surface area contributed by atoms with Gasteiger partial charge in [-0.15, -0.1) is 0 Å². The van der Waals surface area contributed by atoms with Gasteiger partial charge in [-0.3, -0.25) is 0 Å². The van der Waals surface area contributed by atoms with E-state index in [0.717, 1.165) is 25.2 Å². The number of hydrogen-bond acceptors (Lipinski definition) is 3. The number of hydrogen-bond donors (Lipinski definition) is 1. The molecular formula is C10H14N2O. The van der Waals surface area contributed by atoms with Crippen LogP contribution in [-0.4, -0.2) is 29.3 Å². The van der Waals surface area contributed by atoms with Crippen molar-refractivity contribution in [3.63, 3.8) is 0 Å². The first-order valence-corrected chi connectivity index (χ1v) is 4.70. The quantitative estimate of drug-likeness (QED) is 0.735. The summed E-state index contributed by atoms with van der Waals surface area (Å²) < 4.78 is 0. The molecule has 70 valence electrons. The lowest BCUT2D eigenvalue weighted by atomic mass is 10.2. The smallest absolute Gasteiger partial charge is 0.128 e. The Morgan fingerprint density at radius 3 is 3.15 bits per heavy atom. The van der Waals surface area contributed by atoms with Gasteiger partial charge in [0.1, 0.15) is 5.82 Å². The number of aromatic nitrogens is 1. The van der Waals surface area contributed by atoms with Crippen LogP contribution in [0.3, 0.4) is 0 Å². The molecule has 1 aromatic rings. The predicted octanol–water partition coefficient (Wildman–Crippen LogP) is 1.04. The molecule has 1 fully saturated rings. The molecule has 1 aliphatic rings. The molecule has 3 nitrogen and oxygen atoms in total. The summed E-state index contributed by atoms with van der Waals surface area (Å²) in [5, 5.41) is 9.13. The van der Waals surface area contributed by atoms with Crippen LogP contribution < -0.4 is 4.90 Å². The Morgan fingerprint density at radius 2 is 2.46 bits per heavy atom. The summed E-state index contributed by atoms with van der Waals surface area (Å²) >= 11 is 0. The minimum Gasteiger partial charge on any atom is -0.394 e. The molecule has 2 rings (SSSR count). The van der Waals surface area contributed by atoms with Crippen LogP contribution in [0.5, 0.6) is 0 Å². The van der Waals surface area contributed by atoms with E-state index in [0.29, 0.717) is 0 Å². The normalized spacial score (nSPS) is 22.2. The zero-order valence-corrected chi connectivity index (χ0v) is 7.56. The zero-order valence-electron chi connectivity index (χ0n) is 7.56. The molecule has 0 aliphatic carbocycles. The second kappa shape index (κ2) is 3.75. The third-order valence-electron chi connectivity index (χ3n) is 2.53. The first-order chi connectivity index (χ1) is 6.42. The molecule has 1 atom stereocenters. The van der Waals surface area contributed by atoms with Gasteiger partial charge < -0.3 is 10.0 Å². The van der Waals surface area contributed by atoms with E-state index in [1.54, 1.807) is 6.20 Å². The molecule has 13 heavy (non-hydrogen) atoms. The van der Waals surface area contributed by atoms with E-state index in [2.05, 4.69) is 9.88 Å². The minimum atomic E-state index is 0.233. The summed E-state index contributed by atoms with van der Waals surface area (Å²) in [6.45, 7) is 1.25. The molecule has 1 saturated heterocycles. The van der Waals surface area contributed by atoms with Crippen LogP contribution in [-0.2, 0) is 0 Å². The molecule has 0 bridgehead atoms. The molecule has 1 unspecified atom stereocenters. The lowest BCUT2D eigenvalue weighted by molar-refractivity contribution is 0.266. The van der Waals surface area contributed by atoms with Crippen molar-refractivity contribution in [1.82, 2.24) is 4.98 Å². The molecule has 0 radical (unpaired) electrons. The highest BCUT2D eigenvalue weighted by atomic mass is 16.3. The van der Waals surface area contributed by atoms with Crippen LogP contribution in [0, 0.1) is 0 Å². The molecule has 1 N–H and O–H groups in total. The number of anilines is 1. The fraction of sp³-hybridized carbons (Fsp3) is 0.500. The second-order valence-corrected chi connectivity index (χ2v) is 3.36. The molecule has 0 saturated carbocycles. The maximum absolute atomic E-state index is 9.13. The van der Waals surface area contributed by atoms with Crippen molar-refractivity contribution in [2.24, 2.45) is 0 Å². The fourth-order valence-corrected chi connectivity index (χ4v) is 1.85. The first-order valence-electron chi connectivity index (χ1n) is 4.70. The van der Waals surface area contributed by atoms with E-state index in [-0.39, 0.29) is 12.6 Å². The number of aliphatic hydroxyl groups excluding tert-OH is 1. The summed E-state index contributed by atoms with van der Waals surface area (Å²) in [4.78, 5) is 6.45. The van der Waals surface area contributed by atoms with E-state index in [4.69, 9.17) is 5.11 Å². The van der Waals surface area contributed by atoms with Gasteiger partial charge in [0.05, 0.1) is 12.6 Å². The summed E-state index contributed by atoms with van der Waals surface area (Å²) in [6.07, 6.45) is 4.02. The highest BCUT2D eigenvalue weighted by molar-refractivity contribution is 5.40. The third kappa shape index (κ3) is 1.65. The van der Waals surface area contributed by atoms with E-state index >= 15 is 0 Å². The Kier molecular flexibility index (Phi) is 2.45. The summed E-state index contributed by atoms with van der Waals surface area (Å²) in [5.41, 5.74) is 0. The van der Waals surface area contributed by atoms with E-state index in [1.807, 2.05) is 18.2 Å². The number of nitrogens with zero attached hydrogens (tertiary/aromatic N) is 2. The van der Waals surface area contributed by atoms with Gasteiger partial charge in [-0.2, -0.15) is 0 Å². The highest BCUT2D eigenvalue weighted by Crippen LogP contribution is 2.22. The fourth-order valence-electron chi connectivity index (χ4n) is 1.85. The van der Waals surface area contributed by atoms with Crippen molar-refractivity contribution in [3.8, 4) is 0 Å². The molecule has 1 aromatic heterocycles. The first kappa shape index (κ1) is 8.51. The molecule has 0 spiro atoms. The molecule has 2 heterocycles. The van der Waals surface area contributed by atoms with Crippen LogP contribution >= 0.6 is 0 Å². The van der Waals surface area contributed by atoms with Crippen molar-refractivity contribution in [2.75, 3.05) is 18.1 Å². The van der Waals surface area contributed by atoms with Crippen molar-refractivity contribution in [3.05, 3.63) is 24.4 Å². The zero-order chi connectivity index (χ0) is 9.10. The van der Waals surface area contributed by atoms with Gasteiger partial charge in [-0.25, -0.2) is 4.98 Å². The van der Waals surface area contributed by atoms with Gasteiger partial charge in [0.15, 0.2) is 0 Å². The molecular weight excluding hydrogens is 164 g/mol. The van der Waals surface area contributed by atoms with E-state index < -0.39 is 0 Å². The van der Waals surface area contributed by atoms with Gasteiger partial charge >= 0.3 is 0 Å². The van der Waals surface area contributed by atoms with Crippen molar-refractivity contribution in [2.45, 2.75) is 18.9 Å². The Bertz CT molecular complexity index is 263. The van der Waals surface area contributed by atoms with Crippen LogP contribution in [0.1, 0.15) is 12.8 Å². The van der Waals surface area contributed by atoms with Gasteiger partial charge in [0.25, 0.3) is 0 Å². The number of pyridine rings is 1. The van der Waals surface area contributed by atoms with Gasteiger partial charge in [-0.05, 0) is 25.0 Å². The lowest BCUT2D eigenvalue weighted by Crippen LogP contribution is -2.32. The molecule has 1 aliphatic heterocycles. The van der Waals surface area contributed by atoms with E-state index in [1.165, 1.54) is 0 Å². The second-order valence-electron chi connectivity index (χ2n) is 3.36. The predicted molar refractivity (Wildman–Crippen MR) is 51.7 cm³/mol. The van der Waals surface area contributed by atoms with Crippen molar-refractivity contribution < 1.29 is 5.11 Å². The molecule has 0 amide bonds. The van der Waals surface area contributed by atoms with E-state index in [9.17, 15) is 0 Å². The molecule has 3 heteroatoms. The maximum Gasteiger partial charge on any atom is 0.128 e. The van der Waals surface area contributed by atoms with Crippen LogP contribution in [0.2, 0.25) is 0 Å². The van der Waals surface area contributed by atoms with Crippen molar-refractivity contribution in [1.29, 1.82) is 0 Å². The lowest BCUT2D eigenvalue weighted by Gasteiger charge is -2.23. The third-order valence-corrected chi connectivity index (χ3v) is 2.53. The van der Waals surface area contributed by atoms with Crippen LogP contribution in [0.25, 0.3) is 0 Å². The largest absolute Gasteiger partial charge is 0.394 e. The van der Waals surface area contributed by atoms with Gasteiger partial charge in [-0.1, -0.05) is 6.07 Å². The van der Waals surface area contributed by atoms with Gasteiger partial charge in [0, 0.05) is 12.7 Å². The number of aliphatic hydroxyl groups is 1. The monoisotopic (exact) mass is 178 g/mol. The van der Waals surface area contributed by atoms with Crippen molar-refractivity contribution >= 4 is 5.82 Å². The Morgan fingerprint density at radius 1 is 1.54 bits per heavy atom. The average molecular weight is 178 g/mol. The Hall–Kier alpha value is -1.09.